The zero-order valence-electron chi connectivity index (χ0n) is 11.9. The SMILES string of the molecule is Cc1ccc2nccc(NC3CCN(C)C(=O)C3)c2c1. The van der Waals surface area contributed by atoms with Crippen molar-refractivity contribution < 1.29 is 4.79 Å². The first-order valence-electron chi connectivity index (χ1n) is 6.99. The van der Waals surface area contributed by atoms with Gasteiger partial charge in [0.05, 0.1) is 5.52 Å². The Bertz CT molecular complexity index is 653. The molecule has 1 N–H and O–H groups in total. The van der Waals surface area contributed by atoms with Gasteiger partial charge in [0.1, 0.15) is 0 Å². The second-order valence-electron chi connectivity index (χ2n) is 5.53. The van der Waals surface area contributed by atoms with Crippen molar-refractivity contribution in [2.75, 3.05) is 18.9 Å². The minimum Gasteiger partial charge on any atom is -0.381 e. The topological polar surface area (TPSA) is 45.2 Å². The number of aromatic nitrogens is 1. The molecule has 1 atom stereocenters. The van der Waals surface area contributed by atoms with Gasteiger partial charge in [-0.2, -0.15) is 0 Å². The summed E-state index contributed by atoms with van der Waals surface area (Å²) in [5, 5.41) is 4.64. The van der Waals surface area contributed by atoms with E-state index in [9.17, 15) is 4.79 Å². The van der Waals surface area contributed by atoms with Crippen LogP contribution in [0.3, 0.4) is 0 Å². The van der Waals surface area contributed by atoms with Crippen LogP contribution in [0.25, 0.3) is 10.9 Å². The molecule has 1 aliphatic rings. The fourth-order valence-electron chi connectivity index (χ4n) is 2.67. The quantitative estimate of drug-likeness (QED) is 0.911. The number of aryl methyl sites for hydroxylation is 1. The fraction of sp³-hybridized carbons (Fsp3) is 0.375. The lowest BCUT2D eigenvalue weighted by molar-refractivity contribution is -0.132. The summed E-state index contributed by atoms with van der Waals surface area (Å²) in [6.45, 7) is 2.90. The van der Waals surface area contributed by atoms with E-state index in [4.69, 9.17) is 0 Å². The van der Waals surface area contributed by atoms with Crippen molar-refractivity contribution in [3.63, 3.8) is 0 Å². The summed E-state index contributed by atoms with van der Waals surface area (Å²) >= 11 is 0. The number of pyridine rings is 1. The number of nitrogens with zero attached hydrogens (tertiary/aromatic N) is 2. The summed E-state index contributed by atoms with van der Waals surface area (Å²) in [6, 6.07) is 8.45. The van der Waals surface area contributed by atoms with Crippen LogP contribution < -0.4 is 5.32 Å². The molecule has 0 saturated carbocycles. The molecule has 2 aromatic rings. The molecule has 4 nitrogen and oxygen atoms in total. The molecule has 0 radical (unpaired) electrons. The van der Waals surface area contributed by atoms with Crippen LogP contribution in [0.1, 0.15) is 18.4 Å². The summed E-state index contributed by atoms with van der Waals surface area (Å²) in [4.78, 5) is 18.0. The molecule has 1 fully saturated rings. The van der Waals surface area contributed by atoms with Crippen LogP contribution in [-0.2, 0) is 4.79 Å². The van der Waals surface area contributed by atoms with Gasteiger partial charge in [0.15, 0.2) is 0 Å². The highest BCUT2D eigenvalue weighted by Gasteiger charge is 2.23. The monoisotopic (exact) mass is 269 g/mol. The van der Waals surface area contributed by atoms with E-state index < -0.39 is 0 Å². The summed E-state index contributed by atoms with van der Waals surface area (Å²) in [5.41, 5.74) is 3.27. The van der Waals surface area contributed by atoms with Gasteiger partial charge in [-0.3, -0.25) is 9.78 Å². The molecule has 1 amide bonds. The van der Waals surface area contributed by atoms with Crippen molar-refractivity contribution in [2.24, 2.45) is 0 Å². The van der Waals surface area contributed by atoms with E-state index in [0.29, 0.717) is 6.42 Å². The molecular weight excluding hydrogens is 250 g/mol. The molecule has 4 heteroatoms. The molecule has 1 aromatic heterocycles. The Hall–Kier alpha value is -2.10. The molecule has 0 spiro atoms. The van der Waals surface area contributed by atoms with Gasteiger partial charge in [0.25, 0.3) is 0 Å². The second-order valence-corrected chi connectivity index (χ2v) is 5.53. The smallest absolute Gasteiger partial charge is 0.224 e. The zero-order valence-corrected chi connectivity index (χ0v) is 11.9. The van der Waals surface area contributed by atoms with Gasteiger partial charge in [0.2, 0.25) is 5.91 Å². The number of carbonyl (C=O) groups is 1. The van der Waals surface area contributed by atoms with Crippen LogP contribution in [0, 0.1) is 6.92 Å². The van der Waals surface area contributed by atoms with E-state index in [2.05, 4.69) is 29.4 Å². The van der Waals surface area contributed by atoms with Gasteiger partial charge < -0.3 is 10.2 Å². The number of hydrogen-bond donors (Lipinski definition) is 1. The maximum atomic E-state index is 11.8. The molecule has 0 bridgehead atoms. The zero-order chi connectivity index (χ0) is 14.1. The Labute approximate surface area is 118 Å². The molecule has 2 heterocycles. The molecular formula is C16H19N3O. The largest absolute Gasteiger partial charge is 0.381 e. The van der Waals surface area contributed by atoms with Crippen LogP contribution in [0.4, 0.5) is 5.69 Å². The lowest BCUT2D eigenvalue weighted by atomic mass is 10.0. The minimum atomic E-state index is 0.211. The molecule has 1 saturated heterocycles. The van der Waals surface area contributed by atoms with Crippen LogP contribution in [-0.4, -0.2) is 35.4 Å². The third-order valence-corrected chi connectivity index (χ3v) is 3.92. The predicted molar refractivity (Wildman–Crippen MR) is 80.8 cm³/mol. The molecule has 1 aliphatic heterocycles. The number of amides is 1. The van der Waals surface area contributed by atoms with E-state index >= 15 is 0 Å². The number of piperidine rings is 1. The van der Waals surface area contributed by atoms with Crippen LogP contribution >= 0.6 is 0 Å². The molecule has 3 rings (SSSR count). The number of likely N-dealkylation sites (tertiary alicyclic amines) is 1. The number of hydrogen-bond acceptors (Lipinski definition) is 3. The summed E-state index contributed by atoms with van der Waals surface area (Å²) in [6.07, 6.45) is 3.36. The average Bonchev–Trinajstić information content (AvgIpc) is 2.44. The summed E-state index contributed by atoms with van der Waals surface area (Å²) < 4.78 is 0. The number of nitrogens with one attached hydrogen (secondary N) is 1. The molecule has 0 aliphatic carbocycles. The number of fused-ring (bicyclic) bond motifs is 1. The van der Waals surface area contributed by atoms with Gasteiger partial charge in [-0.05, 0) is 31.5 Å². The summed E-state index contributed by atoms with van der Waals surface area (Å²) in [5.74, 6) is 0.211. The van der Waals surface area contributed by atoms with Crippen molar-refractivity contribution in [1.82, 2.24) is 9.88 Å². The van der Waals surface area contributed by atoms with Crippen LogP contribution in [0.15, 0.2) is 30.5 Å². The van der Waals surface area contributed by atoms with Gasteiger partial charge in [0, 0.05) is 43.3 Å². The van der Waals surface area contributed by atoms with Gasteiger partial charge >= 0.3 is 0 Å². The highest BCUT2D eigenvalue weighted by Crippen LogP contribution is 2.25. The van der Waals surface area contributed by atoms with E-state index in [1.165, 1.54) is 5.56 Å². The molecule has 20 heavy (non-hydrogen) atoms. The highest BCUT2D eigenvalue weighted by atomic mass is 16.2. The Morgan fingerprint density at radius 3 is 3.00 bits per heavy atom. The average molecular weight is 269 g/mol. The maximum absolute atomic E-state index is 11.8. The van der Waals surface area contributed by atoms with Crippen molar-refractivity contribution >= 4 is 22.5 Å². The van der Waals surface area contributed by atoms with E-state index in [-0.39, 0.29) is 11.9 Å². The number of rotatable bonds is 2. The lowest BCUT2D eigenvalue weighted by Crippen LogP contribution is -2.41. The van der Waals surface area contributed by atoms with Gasteiger partial charge in [-0.15, -0.1) is 0 Å². The Morgan fingerprint density at radius 1 is 1.35 bits per heavy atom. The Morgan fingerprint density at radius 2 is 2.20 bits per heavy atom. The van der Waals surface area contributed by atoms with Crippen LogP contribution in [0.2, 0.25) is 0 Å². The Balaban J connectivity index is 1.87. The fourth-order valence-corrected chi connectivity index (χ4v) is 2.67. The normalized spacial score (nSPS) is 19.4. The van der Waals surface area contributed by atoms with E-state index in [0.717, 1.165) is 29.6 Å². The molecule has 1 aromatic carbocycles. The number of benzene rings is 1. The standard InChI is InChI=1S/C16H19N3O/c1-11-3-4-14-13(9-11)15(5-7-17-14)18-12-6-8-19(2)16(20)10-12/h3-5,7,9,12H,6,8,10H2,1-2H3,(H,17,18). The third kappa shape index (κ3) is 2.46. The minimum absolute atomic E-state index is 0.211. The van der Waals surface area contributed by atoms with Gasteiger partial charge in [-0.1, -0.05) is 11.6 Å². The summed E-state index contributed by atoms with van der Waals surface area (Å²) in [7, 11) is 1.86. The molecule has 1 unspecified atom stereocenters. The first-order chi connectivity index (χ1) is 9.63. The van der Waals surface area contributed by atoms with Crippen molar-refractivity contribution in [1.29, 1.82) is 0 Å². The van der Waals surface area contributed by atoms with E-state index in [1.54, 1.807) is 4.90 Å². The maximum Gasteiger partial charge on any atom is 0.224 e. The Kier molecular flexibility index (Phi) is 3.30. The number of anilines is 1. The van der Waals surface area contributed by atoms with Crippen molar-refractivity contribution in [2.45, 2.75) is 25.8 Å². The van der Waals surface area contributed by atoms with Gasteiger partial charge in [-0.25, -0.2) is 0 Å². The predicted octanol–water partition coefficient (Wildman–Crippen LogP) is 2.58. The third-order valence-electron chi connectivity index (χ3n) is 3.92. The first kappa shape index (κ1) is 12.9. The second kappa shape index (κ2) is 5.12. The highest BCUT2D eigenvalue weighted by molar-refractivity contribution is 5.91. The first-order valence-corrected chi connectivity index (χ1v) is 6.99. The molecule has 104 valence electrons. The van der Waals surface area contributed by atoms with Crippen LogP contribution in [0.5, 0.6) is 0 Å². The van der Waals surface area contributed by atoms with E-state index in [1.807, 2.05) is 25.4 Å². The van der Waals surface area contributed by atoms with Crippen molar-refractivity contribution in [3.8, 4) is 0 Å². The van der Waals surface area contributed by atoms with Crippen molar-refractivity contribution in [3.05, 3.63) is 36.0 Å². The lowest BCUT2D eigenvalue weighted by Gasteiger charge is -2.30. The number of carbonyl (C=O) groups excluding carboxylic acids is 1.